The maximum absolute atomic E-state index is 13.3. The molecule has 0 aliphatic carbocycles. The molecular weight excluding hydrogens is 370 g/mol. The molecule has 0 atom stereocenters. The maximum Gasteiger partial charge on any atom is 0.276 e. The van der Waals surface area contributed by atoms with Crippen LogP contribution < -0.4 is 0 Å². The normalized spacial score (nSPS) is 18.6. The molecule has 0 saturated carbocycles. The third-order valence-corrected chi connectivity index (χ3v) is 5.70. The van der Waals surface area contributed by atoms with Crippen LogP contribution in [0, 0.1) is 12.3 Å². The fourth-order valence-electron chi connectivity index (χ4n) is 4.24. The molecule has 4 rings (SSSR count). The highest BCUT2D eigenvalue weighted by Gasteiger charge is 2.51. The Balaban J connectivity index is 1.38. The largest absolute Gasteiger partial charge is 0.368 e. The molecule has 0 radical (unpaired) electrons. The van der Waals surface area contributed by atoms with Crippen LogP contribution in [0.2, 0.25) is 0 Å². The summed E-state index contributed by atoms with van der Waals surface area (Å²) in [4.78, 5) is 29.4. The fraction of sp³-hybridized carbons (Fsp3) is 0.500. The van der Waals surface area contributed by atoms with Gasteiger partial charge in [0, 0.05) is 18.0 Å². The van der Waals surface area contributed by atoms with E-state index in [-0.39, 0.29) is 11.8 Å². The Kier molecular flexibility index (Phi) is 4.94. The summed E-state index contributed by atoms with van der Waals surface area (Å²) < 4.78 is 11.0. The average Bonchev–Trinajstić information content (AvgIpc) is 3.12. The molecule has 0 bridgehead atoms. The van der Waals surface area contributed by atoms with Crippen molar-refractivity contribution in [2.45, 2.75) is 32.8 Å². The number of rotatable bonds is 4. The van der Waals surface area contributed by atoms with E-state index in [1.165, 1.54) is 0 Å². The van der Waals surface area contributed by atoms with Gasteiger partial charge in [-0.3, -0.25) is 9.59 Å². The van der Waals surface area contributed by atoms with Gasteiger partial charge in [0.1, 0.15) is 11.4 Å². The zero-order valence-electron chi connectivity index (χ0n) is 17.2. The molecule has 29 heavy (non-hydrogen) atoms. The van der Waals surface area contributed by atoms with Gasteiger partial charge < -0.3 is 19.1 Å². The Bertz CT molecular complexity index is 900. The summed E-state index contributed by atoms with van der Waals surface area (Å²) >= 11 is 0. The number of hydrogen-bond acceptors (Lipinski definition) is 5. The first kappa shape index (κ1) is 19.6. The topological polar surface area (TPSA) is 75.9 Å². The molecule has 1 spiro atoms. The van der Waals surface area contributed by atoms with Gasteiger partial charge in [-0.15, -0.1) is 0 Å². The number of aromatic nitrogens is 1. The van der Waals surface area contributed by atoms with E-state index in [1.807, 2.05) is 36.9 Å². The third kappa shape index (κ3) is 3.92. The van der Waals surface area contributed by atoms with Gasteiger partial charge in [0.15, 0.2) is 5.69 Å². The Morgan fingerprint density at radius 1 is 1.14 bits per heavy atom. The lowest BCUT2D eigenvalue weighted by atomic mass is 9.83. The number of likely N-dealkylation sites (tertiary alicyclic amines) is 1. The van der Waals surface area contributed by atoms with Crippen molar-refractivity contribution in [1.29, 1.82) is 0 Å². The van der Waals surface area contributed by atoms with E-state index >= 15 is 0 Å². The first-order chi connectivity index (χ1) is 13.8. The highest BCUT2D eigenvalue weighted by atomic mass is 16.5. The molecule has 2 amide bonds. The van der Waals surface area contributed by atoms with Crippen molar-refractivity contribution in [3.05, 3.63) is 53.4 Å². The second-order valence-corrected chi connectivity index (χ2v) is 8.79. The number of amides is 2. The predicted molar refractivity (Wildman–Crippen MR) is 106 cm³/mol. The highest BCUT2D eigenvalue weighted by molar-refractivity contribution is 5.93. The SMILES string of the molecule is Cc1cc(C(=O)N2CC3(C2)CN(C(=O)C(C)(C)Cc2ccccc2)CCO3)no1. The third-order valence-electron chi connectivity index (χ3n) is 5.70. The van der Waals surface area contributed by atoms with Crippen LogP contribution in [0.25, 0.3) is 0 Å². The molecule has 0 unspecified atom stereocenters. The van der Waals surface area contributed by atoms with Crippen molar-refractivity contribution >= 4 is 11.8 Å². The minimum absolute atomic E-state index is 0.126. The van der Waals surface area contributed by atoms with Gasteiger partial charge in [0.05, 0.1) is 26.2 Å². The molecule has 2 aromatic rings. The van der Waals surface area contributed by atoms with Crippen LogP contribution in [0.3, 0.4) is 0 Å². The van der Waals surface area contributed by atoms with Crippen LogP contribution >= 0.6 is 0 Å². The molecule has 2 aliphatic rings. The van der Waals surface area contributed by atoms with E-state index in [9.17, 15) is 9.59 Å². The van der Waals surface area contributed by atoms with E-state index in [0.29, 0.717) is 50.7 Å². The van der Waals surface area contributed by atoms with Gasteiger partial charge in [-0.25, -0.2) is 0 Å². The lowest BCUT2D eigenvalue weighted by Crippen LogP contribution is -2.72. The zero-order valence-corrected chi connectivity index (χ0v) is 17.2. The average molecular weight is 397 g/mol. The summed E-state index contributed by atoms with van der Waals surface area (Å²) in [6.07, 6.45) is 0.688. The molecule has 2 fully saturated rings. The molecule has 2 saturated heterocycles. The summed E-state index contributed by atoms with van der Waals surface area (Å²) in [5.41, 5.74) is 0.477. The first-order valence-corrected chi connectivity index (χ1v) is 9.98. The van der Waals surface area contributed by atoms with Gasteiger partial charge in [-0.1, -0.05) is 49.3 Å². The van der Waals surface area contributed by atoms with Crippen molar-refractivity contribution in [3.63, 3.8) is 0 Å². The predicted octanol–water partition coefficient (Wildman–Crippen LogP) is 2.31. The van der Waals surface area contributed by atoms with E-state index in [0.717, 1.165) is 5.56 Å². The Hall–Kier alpha value is -2.67. The summed E-state index contributed by atoms with van der Waals surface area (Å²) in [5, 5.41) is 3.80. The van der Waals surface area contributed by atoms with Gasteiger partial charge in [0.2, 0.25) is 5.91 Å². The Morgan fingerprint density at radius 3 is 2.48 bits per heavy atom. The van der Waals surface area contributed by atoms with E-state index in [2.05, 4.69) is 17.3 Å². The minimum Gasteiger partial charge on any atom is -0.368 e. The van der Waals surface area contributed by atoms with Gasteiger partial charge in [-0.2, -0.15) is 0 Å². The summed E-state index contributed by atoms with van der Waals surface area (Å²) in [7, 11) is 0. The van der Waals surface area contributed by atoms with Crippen LogP contribution in [-0.2, 0) is 16.0 Å². The van der Waals surface area contributed by atoms with Crippen LogP contribution in [0.1, 0.15) is 35.7 Å². The number of nitrogens with zero attached hydrogens (tertiary/aromatic N) is 3. The molecule has 1 aromatic heterocycles. The van der Waals surface area contributed by atoms with Gasteiger partial charge in [-0.05, 0) is 18.9 Å². The molecule has 3 heterocycles. The molecule has 7 nitrogen and oxygen atoms in total. The second-order valence-electron chi connectivity index (χ2n) is 8.79. The lowest BCUT2D eigenvalue weighted by molar-refractivity contribution is -0.184. The molecule has 1 aromatic carbocycles. The van der Waals surface area contributed by atoms with Crippen molar-refractivity contribution < 1.29 is 18.8 Å². The van der Waals surface area contributed by atoms with Crippen LogP contribution in [0.15, 0.2) is 40.9 Å². The second kappa shape index (κ2) is 7.30. The fourth-order valence-corrected chi connectivity index (χ4v) is 4.24. The van der Waals surface area contributed by atoms with Crippen LogP contribution in [0.5, 0.6) is 0 Å². The molecule has 2 aliphatic heterocycles. The van der Waals surface area contributed by atoms with Crippen molar-refractivity contribution in [1.82, 2.24) is 15.0 Å². The number of ether oxygens (including phenoxy) is 1. The number of morpholine rings is 1. The maximum atomic E-state index is 13.3. The smallest absolute Gasteiger partial charge is 0.276 e. The number of aryl methyl sites for hydroxylation is 1. The van der Waals surface area contributed by atoms with Crippen molar-refractivity contribution in [2.24, 2.45) is 5.41 Å². The lowest BCUT2D eigenvalue weighted by Gasteiger charge is -2.54. The van der Waals surface area contributed by atoms with E-state index < -0.39 is 11.0 Å². The van der Waals surface area contributed by atoms with E-state index in [1.54, 1.807) is 17.9 Å². The number of hydrogen-bond donors (Lipinski definition) is 0. The highest BCUT2D eigenvalue weighted by Crippen LogP contribution is 2.33. The molecular formula is C22H27N3O4. The standard InChI is InChI=1S/C22H27N3O4/c1-16-11-18(23-29-16)19(26)25-14-22(15-25)13-24(9-10-28-22)20(27)21(2,3)12-17-7-5-4-6-8-17/h4-8,11H,9-10,12-15H2,1-3H3. The number of carbonyl (C=O) groups is 2. The Morgan fingerprint density at radius 2 is 1.83 bits per heavy atom. The summed E-state index contributed by atoms with van der Waals surface area (Å²) in [5.74, 6) is 0.569. The minimum atomic E-state index is -0.503. The van der Waals surface area contributed by atoms with Crippen molar-refractivity contribution in [2.75, 3.05) is 32.8 Å². The van der Waals surface area contributed by atoms with Crippen molar-refractivity contribution in [3.8, 4) is 0 Å². The summed E-state index contributed by atoms with van der Waals surface area (Å²) in [6.45, 7) is 8.23. The monoisotopic (exact) mass is 397 g/mol. The number of benzene rings is 1. The quantitative estimate of drug-likeness (QED) is 0.791. The Labute approximate surface area is 170 Å². The molecule has 154 valence electrons. The molecule has 0 N–H and O–H groups in total. The zero-order chi connectivity index (χ0) is 20.6. The first-order valence-electron chi connectivity index (χ1n) is 9.98. The van der Waals surface area contributed by atoms with Crippen LogP contribution in [0.4, 0.5) is 0 Å². The van der Waals surface area contributed by atoms with Gasteiger partial charge >= 0.3 is 0 Å². The number of carbonyl (C=O) groups excluding carboxylic acids is 2. The van der Waals surface area contributed by atoms with E-state index in [4.69, 9.17) is 9.26 Å². The summed E-state index contributed by atoms with van der Waals surface area (Å²) in [6, 6.07) is 11.7. The van der Waals surface area contributed by atoms with Crippen LogP contribution in [-0.4, -0.2) is 65.2 Å². The van der Waals surface area contributed by atoms with Gasteiger partial charge in [0.25, 0.3) is 5.91 Å². The molecule has 7 heteroatoms.